The minimum absolute atomic E-state index is 0.0684. The molecule has 0 saturated carbocycles. The SMILES string of the molecule is CC(C)CCCC(C)NS(=O)(=O)c1cnn(CCCN)c1. The number of hydrogen-bond donors (Lipinski definition) is 2. The second-order valence-corrected chi connectivity index (χ2v) is 7.64. The topological polar surface area (TPSA) is 90.0 Å². The van der Waals surface area contributed by atoms with Gasteiger partial charge in [0.1, 0.15) is 4.90 Å². The van der Waals surface area contributed by atoms with E-state index in [1.807, 2.05) is 6.92 Å². The molecule has 1 aromatic heterocycles. The van der Waals surface area contributed by atoms with Crippen molar-refractivity contribution >= 4 is 10.0 Å². The summed E-state index contributed by atoms with van der Waals surface area (Å²) >= 11 is 0. The Hall–Kier alpha value is -0.920. The average molecular weight is 316 g/mol. The van der Waals surface area contributed by atoms with Crippen LogP contribution in [-0.4, -0.2) is 30.8 Å². The second-order valence-electron chi connectivity index (χ2n) is 5.93. The summed E-state index contributed by atoms with van der Waals surface area (Å²) in [7, 11) is -3.48. The van der Waals surface area contributed by atoms with Crippen LogP contribution >= 0.6 is 0 Å². The molecule has 0 saturated heterocycles. The van der Waals surface area contributed by atoms with Gasteiger partial charge in [0.15, 0.2) is 0 Å². The minimum atomic E-state index is -3.48. The maximum absolute atomic E-state index is 12.2. The zero-order valence-corrected chi connectivity index (χ0v) is 14.1. The molecule has 0 aliphatic carbocycles. The highest BCUT2D eigenvalue weighted by atomic mass is 32.2. The van der Waals surface area contributed by atoms with E-state index < -0.39 is 10.0 Å². The van der Waals surface area contributed by atoms with E-state index in [-0.39, 0.29) is 10.9 Å². The molecule has 6 nitrogen and oxygen atoms in total. The largest absolute Gasteiger partial charge is 0.330 e. The van der Waals surface area contributed by atoms with Gasteiger partial charge in [0.2, 0.25) is 10.0 Å². The average Bonchev–Trinajstić information content (AvgIpc) is 2.84. The summed E-state index contributed by atoms with van der Waals surface area (Å²) in [6, 6.07) is -0.0684. The summed E-state index contributed by atoms with van der Waals surface area (Å²) in [5, 5.41) is 4.05. The van der Waals surface area contributed by atoms with Crippen LogP contribution in [0.25, 0.3) is 0 Å². The van der Waals surface area contributed by atoms with Crippen molar-refractivity contribution in [3.63, 3.8) is 0 Å². The first kappa shape index (κ1) is 18.1. The van der Waals surface area contributed by atoms with Gasteiger partial charge in [-0.2, -0.15) is 5.10 Å². The van der Waals surface area contributed by atoms with Crippen LogP contribution in [0.15, 0.2) is 17.3 Å². The third kappa shape index (κ3) is 6.58. The normalized spacial score (nSPS) is 13.8. The Morgan fingerprint density at radius 2 is 2.00 bits per heavy atom. The molecule has 21 heavy (non-hydrogen) atoms. The van der Waals surface area contributed by atoms with E-state index in [1.54, 1.807) is 10.9 Å². The molecular weight excluding hydrogens is 288 g/mol. The molecule has 1 aromatic rings. The Kier molecular flexibility index (Phi) is 7.34. The number of hydrogen-bond acceptors (Lipinski definition) is 4. The summed E-state index contributed by atoms with van der Waals surface area (Å²) in [6.45, 7) is 7.44. The molecule has 1 heterocycles. The van der Waals surface area contributed by atoms with Crippen LogP contribution in [0.2, 0.25) is 0 Å². The smallest absolute Gasteiger partial charge is 0.243 e. The Morgan fingerprint density at radius 3 is 2.62 bits per heavy atom. The molecule has 1 unspecified atom stereocenters. The van der Waals surface area contributed by atoms with E-state index in [0.29, 0.717) is 19.0 Å². The first-order valence-electron chi connectivity index (χ1n) is 7.60. The van der Waals surface area contributed by atoms with Gasteiger partial charge in [-0.1, -0.05) is 26.7 Å². The van der Waals surface area contributed by atoms with Crippen LogP contribution in [0, 0.1) is 5.92 Å². The third-order valence-corrected chi connectivity index (χ3v) is 4.83. The molecule has 0 amide bonds. The lowest BCUT2D eigenvalue weighted by Crippen LogP contribution is -2.32. The van der Waals surface area contributed by atoms with Crippen molar-refractivity contribution in [2.45, 2.75) is 63.9 Å². The summed E-state index contributed by atoms with van der Waals surface area (Å²) in [5.74, 6) is 0.648. The van der Waals surface area contributed by atoms with Gasteiger partial charge >= 0.3 is 0 Å². The number of nitrogens with two attached hydrogens (primary N) is 1. The van der Waals surface area contributed by atoms with E-state index in [0.717, 1.165) is 25.7 Å². The first-order chi connectivity index (χ1) is 9.85. The van der Waals surface area contributed by atoms with Crippen molar-refractivity contribution in [3.8, 4) is 0 Å². The summed E-state index contributed by atoms with van der Waals surface area (Å²) < 4.78 is 28.8. The summed E-state index contributed by atoms with van der Waals surface area (Å²) in [4.78, 5) is 0.218. The predicted octanol–water partition coefficient (Wildman–Crippen LogP) is 1.73. The van der Waals surface area contributed by atoms with E-state index in [1.165, 1.54) is 6.20 Å². The van der Waals surface area contributed by atoms with E-state index >= 15 is 0 Å². The maximum Gasteiger partial charge on any atom is 0.243 e. The van der Waals surface area contributed by atoms with Gasteiger partial charge < -0.3 is 5.73 Å². The number of sulfonamides is 1. The quantitative estimate of drug-likeness (QED) is 0.688. The molecule has 122 valence electrons. The Balaban J connectivity index is 2.54. The van der Waals surface area contributed by atoms with Gasteiger partial charge in [0.05, 0.1) is 6.20 Å². The highest BCUT2D eigenvalue weighted by molar-refractivity contribution is 7.89. The Labute approximate surface area is 128 Å². The molecule has 0 aliphatic rings. The summed E-state index contributed by atoms with van der Waals surface area (Å²) in [6.07, 6.45) is 6.71. The number of aromatic nitrogens is 2. The molecule has 0 aromatic carbocycles. The molecule has 0 radical (unpaired) electrons. The predicted molar refractivity (Wildman–Crippen MR) is 84.4 cm³/mol. The van der Waals surface area contributed by atoms with Crippen LogP contribution in [0.5, 0.6) is 0 Å². The van der Waals surface area contributed by atoms with Gasteiger partial charge in [0, 0.05) is 18.8 Å². The van der Waals surface area contributed by atoms with Gasteiger partial charge in [-0.15, -0.1) is 0 Å². The highest BCUT2D eigenvalue weighted by Gasteiger charge is 2.19. The van der Waals surface area contributed by atoms with E-state index in [2.05, 4.69) is 23.7 Å². The molecule has 0 aliphatic heterocycles. The number of nitrogens with one attached hydrogen (secondary N) is 1. The summed E-state index contributed by atoms with van der Waals surface area (Å²) in [5.41, 5.74) is 5.43. The van der Waals surface area contributed by atoms with Crippen molar-refractivity contribution < 1.29 is 8.42 Å². The fourth-order valence-electron chi connectivity index (χ4n) is 2.08. The van der Waals surface area contributed by atoms with Gasteiger partial charge in [-0.3, -0.25) is 4.68 Å². The number of aryl methyl sites for hydroxylation is 1. The fraction of sp³-hybridized carbons (Fsp3) is 0.786. The van der Waals surface area contributed by atoms with E-state index in [9.17, 15) is 8.42 Å². The van der Waals surface area contributed by atoms with Gasteiger partial charge in [-0.25, -0.2) is 13.1 Å². The van der Waals surface area contributed by atoms with Crippen molar-refractivity contribution in [1.82, 2.24) is 14.5 Å². The lowest BCUT2D eigenvalue weighted by Gasteiger charge is -2.13. The van der Waals surface area contributed by atoms with Crippen LogP contribution in [0.4, 0.5) is 0 Å². The maximum atomic E-state index is 12.2. The standard InChI is InChI=1S/C14H28N4O2S/c1-12(2)6-4-7-13(3)17-21(19,20)14-10-16-18(11-14)9-5-8-15/h10-13,17H,4-9,15H2,1-3H3. The molecule has 1 rings (SSSR count). The molecule has 0 spiro atoms. The zero-order chi connectivity index (χ0) is 15.9. The minimum Gasteiger partial charge on any atom is -0.330 e. The van der Waals surface area contributed by atoms with Crippen molar-refractivity contribution in [1.29, 1.82) is 0 Å². The lowest BCUT2D eigenvalue weighted by atomic mass is 10.0. The molecule has 0 bridgehead atoms. The van der Waals surface area contributed by atoms with Crippen molar-refractivity contribution in [2.24, 2.45) is 11.7 Å². The zero-order valence-electron chi connectivity index (χ0n) is 13.2. The lowest BCUT2D eigenvalue weighted by molar-refractivity contribution is 0.488. The molecule has 1 atom stereocenters. The van der Waals surface area contributed by atoms with Crippen molar-refractivity contribution in [2.75, 3.05) is 6.54 Å². The third-order valence-electron chi connectivity index (χ3n) is 3.29. The van der Waals surface area contributed by atoms with Crippen molar-refractivity contribution in [3.05, 3.63) is 12.4 Å². The highest BCUT2D eigenvalue weighted by Crippen LogP contribution is 2.12. The molecular formula is C14H28N4O2S. The Bertz CT molecular complexity index is 511. The Morgan fingerprint density at radius 1 is 1.29 bits per heavy atom. The van der Waals surface area contributed by atoms with Crippen LogP contribution in [0.3, 0.4) is 0 Å². The molecule has 3 N–H and O–H groups in total. The fourth-order valence-corrected chi connectivity index (χ4v) is 3.31. The number of rotatable bonds is 10. The monoisotopic (exact) mass is 316 g/mol. The van der Waals surface area contributed by atoms with E-state index in [4.69, 9.17) is 5.73 Å². The van der Waals surface area contributed by atoms with Crippen LogP contribution < -0.4 is 10.5 Å². The van der Waals surface area contributed by atoms with Gasteiger partial charge in [0.25, 0.3) is 0 Å². The van der Waals surface area contributed by atoms with Crippen LogP contribution in [-0.2, 0) is 16.6 Å². The molecule has 7 heteroatoms. The first-order valence-corrected chi connectivity index (χ1v) is 9.08. The molecule has 0 fully saturated rings. The van der Waals surface area contributed by atoms with Gasteiger partial charge in [-0.05, 0) is 32.2 Å². The second kappa shape index (κ2) is 8.51. The number of nitrogens with zero attached hydrogens (tertiary/aromatic N) is 2. The van der Waals surface area contributed by atoms with Crippen LogP contribution in [0.1, 0.15) is 46.5 Å².